The molecule has 0 radical (unpaired) electrons. The summed E-state index contributed by atoms with van der Waals surface area (Å²) < 4.78 is 21.6. The molecule has 184 valence electrons. The van der Waals surface area contributed by atoms with Gasteiger partial charge in [-0.05, 0) is 71.6 Å². The van der Waals surface area contributed by atoms with Crippen molar-refractivity contribution in [3.63, 3.8) is 0 Å². The van der Waals surface area contributed by atoms with Gasteiger partial charge in [-0.15, -0.1) is 0 Å². The second-order valence-electron chi connectivity index (χ2n) is 9.74. The molecule has 1 heterocycles. The maximum absolute atomic E-state index is 15.4. The molecular formula is C32H37FOS. The summed E-state index contributed by atoms with van der Waals surface area (Å²) in [6.45, 7) is 4.45. The van der Waals surface area contributed by atoms with Crippen LogP contribution in [0.5, 0.6) is 0 Å². The zero-order valence-electron chi connectivity index (χ0n) is 21.2. The quantitative estimate of drug-likeness (QED) is 0.112. The molecule has 35 heavy (non-hydrogen) atoms. The molecule has 0 saturated heterocycles. The average Bonchev–Trinajstić information content (AvgIpc) is 2.88. The first-order valence-electron chi connectivity index (χ1n) is 13.4. The highest BCUT2D eigenvalue weighted by molar-refractivity contribution is 7.71. The molecule has 0 saturated carbocycles. The fourth-order valence-corrected chi connectivity index (χ4v) is 5.17. The van der Waals surface area contributed by atoms with Crippen molar-refractivity contribution in [1.82, 2.24) is 0 Å². The molecule has 0 unspecified atom stereocenters. The van der Waals surface area contributed by atoms with E-state index in [4.69, 9.17) is 16.6 Å². The number of unbranched alkanes of at least 4 members (excludes halogenated alkanes) is 7. The largest absolute Gasteiger partial charge is 0.441 e. The smallest absolute Gasteiger partial charge is 0.198 e. The summed E-state index contributed by atoms with van der Waals surface area (Å²) in [4.78, 5) is 0. The second kappa shape index (κ2) is 12.4. The fraction of sp³-hybridized carbons (Fsp3) is 0.406. The zero-order chi connectivity index (χ0) is 24.6. The van der Waals surface area contributed by atoms with E-state index in [0.717, 1.165) is 58.5 Å². The van der Waals surface area contributed by atoms with Crippen LogP contribution in [0.15, 0.2) is 59.0 Å². The van der Waals surface area contributed by atoms with Gasteiger partial charge in [0.05, 0.1) is 0 Å². The third kappa shape index (κ3) is 6.19. The molecule has 1 aromatic heterocycles. The molecule has 0 N–H and O–H groups in total. The summed E-state index contributed by atoms with van der Waals surface area (Å²) in [5.74, 6) is -0.258. The normalized spacial score (nSPS) is 11.5. The molecule has 0 spiro atoms. The van der Waals surface area contributed by atoms with Crippen LogP contribution in [0.4, 0.5) is 4.39 Å². The molecule has 0 aliphatic carbocycles. The number of hydrogen-bond acceptors (Lipinski definition) is 2. The zero-order valence-corrected chi connectivity index (χ0v) is 22.0. The predicted molar refractivity (Wildman–Crippen MR) is 150 cm³/mol. The van der Waals surface area contributed by atoms with E-state index in [-0.39, 0.29) is 11.4 Å². The maximum Gasteiger partial charge on any atom is 0.198 e. The maximum atomic E-state index is 15.4. The van der Waals surface area contributed by atoms with Crippen molar-refractivity contribution in [3.05, 3.63) is 76.2 Å². The Morgan fingerprint density at radius 3 is 2.06 bits per heavy atom. The van der Waals surface area contributed by atoms with E-state index in [1.807, 2.05) is 12.1 Å². The number of benzene rings is 3. The Balaban J connectivity index is 1.57. The minimum Gasteiger partial charge on any atom is -0.441 e. The van der Waals surface area contributed by atoms with Gasteiger partial charge in [-0.1, -0.05) is 107 Å². The number of rotatable bonds is 12. The molecular weight excluding hydrogens is 451 g/mol. The molecule has 0 fully saturated rings. The van der Waals surface area contributed by atoms with Crippen LogP contribution >= 0.6 is 12.2 Å². The Bertz CT molecular complexity index is 1320. The molecule has 3 heteroatoms. The summed E-state index contributed by atoms with van der Waals surface area (Å²) >= 11 is 5.59. The second-order valence-corrected chi connectivity index (χ2v) is 10.1. The number of aryl methyl sites for hydroxylation is 2. The molecule has 4 aromatic rings. The van der Waals surface area contributed by atoms with E-state index in [1.165, 1.54) is 50.5 Å². The first kappa shape index (κ1) is 25.6. The lowest BCUT2D eigenvalue weighted by Gasteiger charge is -2.10. The highest BCUT2D eigenvalue weighted by Crippen LogP contribution is 2.33. The highest BCUT2D eigenvalue weighted by atomic mass is 32.1. The predicted octanol–water partition coefficient (Wildman–Crippen LogP) is 10.8. The topological polar surface area (TPSA) is 13.1 Å². The van der Waals surface area contributed by atoms with Gasteiger partial charge in [0.15, 0.2) is 16.1 Å². The van der Waals surface area contributed by atoms with Crippen LogP contribution in [-0.2, 0) is 12.8 Å². The molecule has 0 aliphatic rings. The van der Waals surface area contributed by atoms with Gasteiger partial charge in [0.25, 0.3) is 0 Å². The summed E-state index contributed by atoms with van der Waals surface area (Å²) in [6.07, 6.45) is 12.8. The standard InChI is InChI=1S/C32H37FOS/c1-3-5-7-8-9-11-13-25-18-21-28-27-20-19-26(22-29(27)32(35)34-31(28)30(25)33)24-16-14-23(15-17-24)12-10-6-4-2/h14-22H,3-13H2,1-2H3. The van der Waals surface area contributed by atoms with Gasteiger partial charge >= 0.3 is 0 Å². The van der Waals surface area contributed by atoms with E-state index in [9.17, 15) is 0 Å². The van der Waals surface area contributed by atoms with Crippen molar-refractivity contribution in [1.29, 1.82) is 0 Å². The Morgan fingerprint density at radius 2 is 1.29 bits per heavy atom. The first-order chi connectivity index (χ1) is 17.1. The lowest BCUT2D eigenvalue weighted by Crippen LogP contribution is -1.94. The molecule has 1 nitrogen and oxygen atoms in total. The van der Waals surface area contributed by atoms with Gasteiger partial charge in [0.2, 0.25) is 0 Å². The molecule has 4 rings (SSSR count). The summed E-state index contributed by atoms with van der Waals surface area (Å²) in [5, 5.41) is 2.59. The van der Waals surface area contributed by atoms with Crippen molar-refractivity contribution < 1.29 is 8.81 Å². The van der Waals surface area contributed by atoms with Gasteiger partial charge in [0.1, 0.15) is 0 Å². The van der Waals surface area contributed by atoms with Crippen molar-refractivity contribution >= 4 is 34.0 Å². The van der Waals surface area contributed by atoms with E-state index in [0.29, 0.717) is 4.71 Å². The lowest BCUT2D eigenvalue weighted by atomic mass is 9.97. The van der Waals surface area contributed by atoms with Crippen LogP contribution in [0, 0.1) is 10.5 Å². The SMILES string of the molecule is CCCCCCCCc1ccc2c(oc(=S)c3cc(-c4ccc(CCCCC)cc4)ccc32)c1F. The van der Waals surface area contributed by atoms with E-state index >= 15 is 4.39 Å². The van der Waals surface area contributed by atoms with Gasteiger partial charge in [0, 0.05) is 10.8 Å². The van der Waals surface area contributed by atoms with Crippen LogP contribution in [-0.4, -0.2) is 0 Å². The van der Waals surface area contributed by atoms with Crippen molar-refractivity contribution in [2.45, 2.75) is 84.5 Å². The van der Waals surface area contributed by atoms with Gasteiger partial charge in [-0.25, -0.2) is 4.39 Å². The van der Waals surface area contributed by atoms with Crippen LogP contribution in [0.25, 0.3) is 32.9 Å². The summed E-state index contributed by atoms with van der Waals surface area (Å²) in [7, 11) is 0. The van der Waals surface area contributed by atoms with Gasteiger partial charge in [-0.2, -0.15) is 0 Å². The summed E-state index contributed by atoms with van der Waals surface area (Å²) in [6, 6.07) is 18.9. The van der Waals surface area contributed by atoms with E-state index < -0.39 is 0 Å². The lowest BCUT2D eigenvalue weighted by molar-refractivity contribution is 0.534. The first-order valence-corrected chi connectivity index (χ1v) is 13.8. The van der Waals surface area contributed by atoms with E-state index in [1.54, 1.807) is 0 Å². The van der Waals surface area contributed by atoms with Crippen molar-refractivity contribution in [2.75, 3.05) is 0 Å². The van der Waals surface area contributed by atoms with Crippen LogP contribution in [0.1, 0.15) is 82.8 Å². The molecule has 0 atom stereocenters. The van der Waals surface area contributed by atoms with Gasteiger partial charge in [-0.3, -0.25) is 0 Å². The van der Waals surface area contributed by atoms with Crippen LogP contribution < -0.4 is 0 Å². The van der Waals surface area contributed by atoms with Crippen molar-refractivity contribution in [2.24, 2.45) is 0 Å². The Labute approximate surface area is 214 Å². The third-order valence-corrected chi connectivity index (χ3v) is 7.36. The monoisotopic (exact) mass is 488 g/mol. The minimum atomic E-state index is -0.258. The third-order valence-electron chi connectivity index (χ3n) is 7.06. The van der Waals surface area contributed by atoms with Crippen LogP contribution in [0.2, 0.25) is 0 Å². The summed E-state index contributed by atoms with van der Waals surface area (Å²) in [5.41, 5.74) is 4.64. The minimum absolute atomic E-state index is 0.258. The average molecular weight is 489 g/mol. The highest BCUT2D eigenvalue weighted by Gasteiger charge is 2.14. The fourth-order valence-electron chi connectivity index (χ4n) is 4.92. The van der Waals surface area contributed by atoms with Gasteiger partial charge < -0.3 is 4.42 Å². The molecule has 3 aromatic carbocycles. The molecule has 0 aliphatic heterocycles. The molecule has 0 amide bonds. The number of hydrogen-bond donors (Lipinski definition) is 0. The Morgan fingerprint density at radius 1 is 0.657 bits per heavy atom. The van der Waals surface area contributed by atoms with E-state index in [2.05, 4.69) is 56.3 Å². The van der Waals surface area contributed by atoms with Crippen molar-refractivity contribution in [3.8, 4) is 11.1 Å². The Kier molecular flexibility index (Phi) is 9.09. The number of fused-ring (bicyclic) bond motifs is 3. The van der Waals surface area contributed by atoms with Crippen LogP contribution in [0.3, 0.4) is 0 Å². The molecule has 0 bridgehead atoms. The number of halogens is 1. The Hall–Kier alpha value is -2.52.